The van der Waals surface area contributed by atoms with Gasteiger partial charge in [0, 0.05) is 17.0 Å². The zero-order valence-electron chi connectivity index (χ0n) is 17.8. The molecule has 1 aromatic carbocycles. The molecule has 0 aliphatic heterocycles. The fraction of sp³-hybridized carbons (Fsp3) is 0.435. The molecule has 166 valence electrons. The Labute approximate surface area is 185 Å². The average molecular weight is 446 g/mol. The highest BCUT2D eigenvalue weighted by atomic mass is 32.1. The number of thiophene rings is 1. The largest absolute Gasteiger partial charge is 0.349 e. The van der Waals surface area contributed by atoms with Gasteiger partial charge in [-0.2, -0.15) is 0 Å². The number of rotatable bonds is 7. The third-order valence-corrected chi connectivity index (χ3v) is 6.28. The van der Waals surface area contributed by atoms with Gasteiger partial charge in [0.1, 0.15) is 11.9 Å². The van der Waals surface area contributed by atoms with Crippen molar-refractivity contribution in [1.29, 1.82) is 0 Å². The van der Waals surface area contributed by atoms with Crippen LogP contribution in [0.25, 0.3) is 0 Å². The molecule has 0 radical (unpaired) electrons. The molecule has 1 saturated carbocycles. The molecule has 3 amide bonds. The van der Waals surface area contributed by atoms with Crippen molar-refractivity contribution in [2.75, 3.05) is 0 Å². The number of nitrogens with zero attached hydrogens (tertiary/aromatic N) is 1. The first-order chi connectivity index (χ1) is 14.9. The number of hydrogen-bond donors (Lipinski definition) is 2. The lowest BCUT2D eigenvalue weighted by molar-refractivity contribution is -0.152. The van der Waals surface area contributed by atoms with E-state index in [1.807, 2.05) is 17.5 Å². The molecule has 1 heterocycles. The Kier molecular flexibility index (Phi) is 7.79. The number of halogens is 1. The fourth-order valence-corrected chi connectivity index (χ4v) is 4.50. The molecule has 1 aliphatic carbocycles. The van der Waals surface area contributed by atoms with Gasteiger partial charge in [-0.1, -0.05) is 31.0 Å². The zero-order valence-corrected chi connectivity index (χ0v) is 18.6. The summed E-state index contributed by atoms with van der Waals surface area (Å²) in [5, 5.41) is 7.57. The van der Waals surface area contributed by atoms with Crippen LogP contribution >= 0.6 is 11.3 Å². The number of benzene rings is 1. The van der Waals surface area contributed by atoms with Crippen LogP contribution in [-0.2, 0) is 20.9 Å². The molecule has 6 nitrogen and oxygen atoms in total. The highest BCUT2D eigenvalue weighted by Crippen LogP contribution is 2.25. The minimum absolute atomic E-state index is 0.0117. The van der Waals surface area contributed by atoms with Crippen molar-refractivity contribution >= 4 is 29.1 Å². The topological polar surface area (TPSA) is 78.5 Å². The van der Waals surface area contributed by atoms with Crippen LogP contribution in [0.2, 0.25) is 0 Å². The summed E-state index contributed by atoms with van der Waals surface area (Å²) >= 11 is 1.51. The summed E-state index contributed by atoms with van der Waals surface area (Å²) in [4.78, 5) is 41.3. The Balaban J connectivity index is 1.85. The molecule has 1 aliphatic rings. The zero-order chi connectivity index (χ0) is 22.4. The minimum atomic E-state index is -1.05. The number of carbonyl (C=O) groups is 3. The lowest BCUT2D eigenvalue weighted by atomic mass is 10.0. The molecule has 31 heavy (non-hydrogen) atoms. The second kappa shape index (κ2) is 10.5. The summed E-state index contributed by atoms with van der Waals surface area (Å²) in [6, 6.07) is 7.74. The predicted molar refractivity (Wildman–Crippen MR) is 118 cm³/mol. The smallest absolute Gasteiger partial charge is 0.313 e. The first-order valence-electron chi connectivity index (χ1n) is 10.6. The number of amides is 3. The van der Waals surface area contributed by atoms with Gasteiger partial charge in [-0.3, -0.25) is 14.4 Å². The maximum absolute atomic E-state index is 13.5. The Morgan fingerprint density at radius 1 is 1.13 bits per heavy atom. The summed E-state index contributed by atoms with van der Waals surface area (Å²) in [5.41, 5.74) is 0.445. The summed E-state index contributed by atoms with van der Waals surface area (Å²) in [7, 11) is 0. The van der Waals surface area contributed by atoms with Crippen LogP contribution in [0.3, 0.4) is 0 Å². The molecule has 0 spiro atoms. The van der Waals surface area contributed by atoms with Crippen LogP contribution in [-0.4, -0.2) is 34.7 Å². The van der Waals surface area contributed by atoms with Crippen LogP contribution in [0, 0.1) is 5.82 Å². The molecule has 0 bridgehead atoms. The predicted octanol–water partition coefficient (Wildman–Crippen LogP) is 3.54. The van der Waals surface area contributed by atoms with Crippen LogP contribution < -0.4 is 10.6 Å². The average Bonchev–Trinajstić information content (AvgIpc) is 3.44. The van der Waals surface area contributed by atoms with E-state index in [-0.39, 0.29) is 6.04 Å². The van der Waals surface area contributed by atoms with Crippen LogP contribution in [0.1, 0.15) is 56.0 Å². The van der Waals surface area contributed by atoms with E-state index in [1.54, 1.807) is 13.8 Å². The van der Waals surface area contributed by atoms with Crippen molar-refractivity contribution in [3.05, 3.63) is 58.0 Å². The van der Waals surface area contributed by atoms with E-state index in [0.717, 1.165) is 30.6 Å². The molecule has 2 N–H and O–H groups in total. The van der Waals surface area contributed by atoms with Gasteiger partial charge >= 0.3 is 11.8 Å². The van der Waals surface area contributed by atoms with Gasteiger partial charge in [0.05, 0.1) is 6.54 Å². The standard InChI is InChI=1S/C23H28FN3O3S/c1-15(2)27(23(30)22(29)26-18-6-3-4-7-18)20(16-9-11-17(24)12-10-16)21(28)25-14-19-8-5-13-31-19/h5,8-13,15,18,20H,3-4,6-7,14H2,1-2H3,(H,25,28)(H,26,29)/t20-/m1/s1. The lowest BCUT2D eigenvalue weighted by Crippen LogP contribution is -2.52. The van der Waals surface area contributed by atoms with Gasteiger partial charge in [0.2, 0.25) is 5.91 Å². The van der Waals surface area contributed by atoms with E-state index < -0.39 is 35.6 Å². The van der Waals surface area contributed by atoms with Crippen LogP contribution in [0.4, 0.5) is 4.39 Å². The number of hydrogen-bond acceptors (Lipinski definition) is 4. The first kappa shape index (κ1) is 22.9. The Bertz CT molecular complexity index is 893. The third-order valence-electron chi connectivity index (χ3n) is 5.40. The van der Waals surface area contributed by atoms with Gasteiger partial charge in [-0.15, -0.1) is 11.3 Å². The molecular formula is C23H28FN3O3S. The van der Waals surface area contributed by atoms with E-state index in [0.29, 0.717) is 12.1 Å². The molecule has 1 aromatic heterocycles. The van der Waals surface area contributed by atoms with Crippen molar-refractivity contribution in [3.8, 4) is 0 Å². The Morgan fingerprint density at radius 3 is 2.39 bits per heavy atom. The van der Waals surface area contributed by atoms with Gasteiger partial charge in [0.25, 0.3) is 0 Å². The van der Waals surface area contributed by atoms with Gasteiger partial charge in [-0.25, -0.2) is 4.39 Å². The van der Waals surface area contributed by atoms with Gasteiger partial charge in [0.15, 0.2) is 0 Å². The van der Waals surface area contributed by atoms with Crippen molar-refractivity contribution < 1.29 is 18.8 Å². The Morgan fingerprint density at radius 2 is 1.81 bits per heavy atom. The summed E-state index contributed by atoms with van der Waals surface area (Å²) < 4.78 is 13.5. The molecule has 2 aromatic rings. The van der Waals surface area contributed by atoms with Crippen molar-refractivity contribution in [1.82, 2.24) is 15.5 Å². The second-order valence-electron chi connectivity index (χ2n) is 8.01. The molecule has 1 atom stereocenters. The second-order valence-corrected chi connectivity index (χ2v) is 9.04. The monoisotopic (exact) mass is 445 g/mol. The highest BCUT2D eigenvalue weighted by Gasteiger charge is 2.37. The van der Waals surface area contributed by atoms with E-state index >= 15 is 0 Å². The summed E-state index contributed by atoms with van der Waals surface area (Å²) in [6.07, 6.45) is 3.75. The molecule has 0 unspecified atom stereocenters. The van der Waals surface area contributed by atoms with E-state index in [1.165, 1.54) is 40.5 Å². The van der Waals surface area contributed by atoms with Gasteiger partial charge < -0.3 is 15.5 Å². The quantitative estimate of drug-likeness (QED) is 0.640. The summed E-state index contributed by atoms with van der Waals surface area (Å²) in [5.74, 6) is -2.33. The van der Waals surface area contributed by atoms with Crippen molar-refractivity contribution in [3.63, 3.8) is 0 Å². The normalized spacial score (nSPS) is 15.0. The lowest BCUT2D eigenvalue weighted by Gasteiger charge is -2.34. The maximum Gasteiger partial charge on any atom is 0.313 e. The Hall–Kier alpha value is -2.74. The highest BCUT2D eigenvalue weighted by molar-refractivity contribution is 7.09. The van der Waals surface area contributed by atoms with Crippen molar-refractivity contribution in [2.45, 2.75) is 64.2 Å². The van der Waals surface area contributed by atoms with E-state index in [9.17, 15) is 18.8 Å². The fourth-order valence-electron chi connectivity index (χ4n) is 3.85. The number of nitrogens with one attached hydrogen (secondary N) is 2. The molecule has 3 rings (SSSR count). The minimum Gasteiger partial charge on any atom is -0.349 e. The molecule has 1 fully saturated rings. The third kappa shape index (κ3) is 5.91. The molecular weight excluding hydrogens is 417 g/mol. The first-order valence-corrected chi connectivity index (χ1v) is 11.4. The van der Waals surface area contributed by atoms with Gasteiger partial charge in [-0.05, 0) is 55.8 Å². The van der Waals surface area contributed by atoms with Crippen molar-refractivity contribution in [2.24, 2.45) is 0 Å². The van der Waals surface area contributed by atoms with Crippen LogP contribution in [0.15, 0.2) is 41.8 Å². The SMILES string of the molecule is CC(C)N(C(=O)C(=O)NC1CCCC1)[C@@H](C(=O)NCc1cccs1)c1ccc(F)cc1. The maximum atomic E-state index is 13.5. The molecule has 8 heteroatoms. The van der Waals surface area contributed by atoms with Crippen LogP contribution in [0.5, 0.6) is 0 Å². The van der Waals surface area contributed by atoms with E-state index in [2.05, 4.69) is 10.6 Å². The number of carbonyl (C=O) groups excluding carboxylic acids is 3. The summed E-state index contributed by atoms with van der Waals surface area (Å²) in [6.45, 7) is 3.82. The van der Waals surface area contributed by atoms with E-state index in [4.69, 9.17) is 0 Å². The molecule has 0 saturated heterocycles.